The molecule has 1 radical (unpaired) electrons. The van der Waals surface area contributed by atoms with Crippen LogP contribution in [0.5, 0.6) is 0 Å². The molecule has 0 fully saturated rings. The fourth-order valence-corrected chi connectivity index (χ4v) is 1.37. The van der Waals surface area contributed by atoms with Crippen molar-refractivity contribution in [2.75, 3.05) is 0 Å². The number of primary amides is 1. The van der Waals surface area contributed by atoms with Crippen molar-refractivity contribution in [1.29, 1.82) is 0 Å². The van der Waals surface area contributed by atoms with Gasteiger partial charge in [-0.1, -0.05) is 20.8 Å². The number of carbonyl (C=O) groups excluding carboxylic acids is 1. The maximum Gasteiger partial charge on any atom is 0.325 e. The second-order valence-corrected chi connectivity index (χ2v) is 5.02. The normalized spacial score (nSPS) is 13.4. The van der Waals surface area contributed by atoms with Crippen LogP contribution in [-0.4, -0.2) is 20.6 Å². The molecule has 0 unspecified atom stereocenters. The van der Waals surface area contributed by atoms with Crippen LogP contribution in [0.3, 0.4) is 0 Å². The molecule has 6 nitrogen and oxygen atoms in total. The van der Waals surface area contributed by atoms with E-state index in [1.165, 1.54) is 12.3 Å². The lowest BCUT2D eigenvalue weighted by molar-refractivity contribution is 0.250. The zero-order valence-electron chi connectivity index (χ0n) is 12.0. The molecule has 6 heteroatoms. The number of carbonyl (C=O) groups is 1. The van der Waals surface area contributed by atoms with Gasteiger partial charge in [0.1, 0.15) is 5.76 Å². The Morgan fingerprint density at radius 1 is 1.58 bits per heavy atom. The monoisotopic (exact) mass is 261 g/mol. The quantitative estimate of drug-likeness (QED) is 0.896. The fraction of sp³-hybridized carbons (Fsp3) is 0.308. The molecule has 0 aliphatic heterocycles. The highest BCUT2D eigenvalue weighted by atomic mass is 16.4. The number of rotatable bonds is 2. The van der Waals surface area contributed by atoms with Crippen LogP contribution in [0.2, 0.25) is 0 Å². The van der Waals surface area contributed by atoms with Gasteiger partial charge >= 0.3 is 6.03 Å². The molecule has 0 spiro atoms. The van der Waals surface area contributed by atoms with Gasteiger partial charge in [0.25, 0.3) is 0 Å². The van der Waals surface area contributed by atoms with Crippen LogP contribution in [0.25, 0.3) is 12.1 Å². The first-order valence-corrected chi connectivity index (χ1v) is 5.69. The first-order chi connectivity index (χ1) is 9.29. The Morgan fingerprint density at radius 2 is 2.32 bits per heavy atom. The van der Waals surface area contributed by atoms with E-state index >= 15 is 0 Å². The highest BCUT2D eigenvalue weighted by Gasteiger charge is 2.18. The van der Waals surface area contributed by atoms with Gasteiger partial charge in [-0.25, -0.2) is 19.3 Å². The summed E-state index contributed by atoms with van der Waals surface area (Å²) >= 11 is 0. The second kappa shape index (κ2) is 4.72. The average molecular weight is 261 g/mol. The zero-order valence-corrected chi connectivity index (χ0v) is 11.0. The van der Waals surface area contributed by atoms with Crippen molar-refractivity contribution >= 4 is 18.2 Å². The Morgan fingerprint density at radius 3 is 2.89 bits per heavy atom. The van der Waals surface area contributed by atoms with Gasteiger partial charge in [-0.15, -0.1) is 0 Å². The largest absolute Gasteiger partial charge is 0.441 e. The van der Waals surface area contributed by atoms with Gasteiger partial charge in [0.15, 0.2) is 6.33 Å². The van der Waals surface area contributed by atoms with Crippen LogP contribution >= 0.6 is 0 Å². The molecule has 0 saturated carbocycles. The molecular formula is C13H15N4O2. The Kier molecular flexibility index (Phi) is 2.91. The van der Waals surface area contributed by atoms with Crippen molar-refractivity contribution in [1.82, 2.24) is 14.5 Å². The molecule has 0 atom stereocenters. The molecule has 2 rings (SSSR count). The summed E-state index contributed by atoms with van der Waals surface area (Å²) in [6.07, 6.45) is 6.74. The fourth-order valence-electron chi connectivity index (χ4n) is 1.37. The standard InChI is InChI=1S/C13H15N4O2/c1-13(2,3)10-7-16-11(19-10)5-4-9-6-15-8-17(9)12(14)18/h4-7H,1-3H3,(H2,14,18)/b5-4+/i4T. The predicted molar refractivity (Wildman–Crippen MR) is 70.2 cm³/mol. The van der Waals surface area contributed by atoms with Gasteiger partial charge in [-0.2, -0.15) is 0 Å². The summed E-state index contributed by atoms with van der Waals surface area (Å²) < 4.78 is 14.5. The third kappa shape index (κ3) is 2.90. The molecule has 99 valence electrons. The van der Waals surface area contributed by atoms with Gasteiger partial charge in [0.2, 0.25) is 5.89 Å². The minimum absolute atomic E-state index is 0.0138. The number of oxazole rings is 1. The average Bonchev–Trinajstić information content (AvgIpc) is 2.95. The number of nitrogens with two attached hydrogens (primary N) is 1. The molecule has 1 amide bonds. The Bertz CT molecular complexity index is 664. The molecule has 2 aromatic rings. The predicted octanol–water partition coefficient (Wildman–Crippen LogP) is 2.07. The van der Waals surface area contributed by atoms with Crippen LogP contribution in [0.1, 0.15) is 39.5 Å². The van der Waals surface area contributed by atoms with E-state index in [4.69, 9.17) is 11.5 Å². The van der Waals surface area contributed by atoms with Crippen molar-refractivity contribution in [2.45, 2.75) is 26.2 Å². The number of amides is 1. The Hall–Kier alpha value is -2.37. The minimum atomic E-state index is -0.751. The van der Waals surface area contributed by atoms with Crippen LogP contribution in [0.4, 0.5) is 4.79 Å². The van der Waals surface area contributed by atoms with Gasteiger partial charge in [-0.3, -0.25) is 0 Å². The first-order valence-electron chi connectivity index (χ1n) is 6.19. The third-order valence-electron chi connectivity index (χ3n) is 2.41. The van der Waals surface area contributed by atoms with Crippen LogP contribution in [-0.2, 0) is 5.41 Å². The van der Waals surface area contributed by atoms with Gasteiger partial charge < -0.3 is 10.2 Å². The Balaban J connectivity index is 2.33. The maximum atomic E-state index is 11.1. The first kappa shape index (κ1) is 11.7. The molecule has 0 aliphatic rings. The lowest BCUT2D eigenvalue weighted by Gasteiger charge is -2.12. The molecule has 0 aliphatic carbocycles. The van der Waals surface area contributed by atoms with E-state index < -0.39 is 6.03 Å². The molecule has 19 heavy (non-hydrogen) atoms. The van der Waals surface area contributed by atoms with Gasteiger partial charge in [0, 0.05) is 11.5 Å². The number of imidazole rings is 1. The molecule has 2 N–H and O–H groups in total. The topological polar surface area (TPSA) is 86.9 Å². The smallest absolute Gasteiger partial charge is 0.325 e. The summed E-state index contributed by atoms with van der Waals surface area (Å²) in [4.78, 5) is 18.9. The maximum absolute atomic E-state index is 11.1. The lowest BCUT2D eigenvalue weighted by Crippen LogP contribution is -2.19. The number of nitrogens with zero attached hydrogens (tertiary/aromatic N) is 3. The molecule has 0 aromatic carbocycles. The SMILES string of the molecule is [3H]/C(=C\c1ncc(C(C)(C)C)o1)c1cn[c]n1C(N)=O. The molecule has 2 aromatic heterocycles. The zero-order chi connectivity index (χ0) is 14.9. The van der Waals surface area contributed by atoms with Gasteiger partial charge in [-0.05, 0) is 6.05 Å². The highest BCUT2D eigenvalue weighted by molar-refractivity contribution is 5.78. The van der Waals surface area contributed by atoms with Crippen molar-refractivity contribution < 1.29 is 10.6 Å². The number of aromatic nitrogens is 3. The van der Waals surface area contributed by atoms with Crippen LogP contribution in [0.15, 0.2) is 16.8 Å². The van der Waals surface area contributed by atoms with E-state index in [1.54, 1.807) is 6.20 Å². The summed E-state index contributed by atoms with van der Waals surface area (Å²) in [7, 11) is 0. The van der Waals surface area contributed by atoms with Crippen molar-refractivity contribution in [2.24, 2.45) is 5.73 Å². The van der Waals surface area contributed by atoms with Crippen molar-refractivity contribution in [3.8, 4) is 0 Å². The van der Waals surface area contributed by atoms with E-state index in [2.05, 4.69) is 16.3 Å². The van der Waals surface area contributed by atoms with Crippen LogP contribution < -0.4 is 5.73 Å². The van der Waals surface area contributed by atoms with Crippen LogP contribution in [0, 0.1) is 6.33 Å². The number of hydrogen-bond donors (Lipinski definition) is 1. The summed E-state index contributed by atoms with van der Waals surface area (Å²) in [6, 6.07) is -0.738. The van der Waals surface area contributed by atoms with Crippen molar-refractivity contribution in [3.63, 3.8) is 0 Å². The van der Waals surface area contributed by atoms with Gasteiger partial charge in [0.05, 0.1) is 19.5 Å². The summed E-state index contributed by atoms with van der Waals surface area (Å²) in [5, 5.41) is 0. The summed E-state index contributed by atoms with van der Waals surface area (Å²) in [5.41, 5.74) is 5.22. The summed E-state index contributed by atoms with van der Waals surface area (Å²) in [6.45, 7) is 6.00. The van der Waals surface area contributed by atoms with E-state index in [0.717, 1.165) is 4.57 Å². The molecule has 0 saturated heterocycles. The number of hydrogen-bond acceptors (Lipinski definition) is 4. The highest BCUT2D eigenvalue weighted by Crippen LogP contribution is 2.23. The van der Waals surface area contributed by atoms with E-state index in [0.29, 0.717) is 5.76 Å². The molecule has 0 bridgehead atoms. The van der Waals surface area contributed by atoms with E-state index in [1.807, 2.05) is 20.8 Å². The minimum Gasteiger partial charge on any atom is -0.441 e. The Labute approximate surface area is 112 Å². The summed E-state index contributed by atoms with van der Waals surface area (Å²) in [5.74, 6) is 1.00. The van der Waals surface area contributed by atoms with E-state index in [9.17, 15) is 4.79 Å². The molecular weight excluding hydrogens is 244 g/mol. The third-order valence-corrected chi connectivity index (χ3v) is 2.41. The van der Waals surface area contributed by atoms with E-state index in [-0.39, 0.29) is 23.1 Å². The lowest BCUT2D eigenvalue weighted by atomic mass is 9.94. The van der Waals surface area contributed by atoms with Crippen molar-refractivity contribution in [3.05, 3.63) is 36.1 Å². The molecule has 2 heterocycles. The second-order valence-electron chi connectivity index (χ2n) is 5.02.